The zero-order valence-electron chi connectivity index (χ0n) is 14.1. The van der Waals surface area contributed by atoms with E-state index >= 15 is 0 Å². The van der Waals surface area contributed by atoms with Crippen molar-refractivity contribution in [2.24, 2.45) is 0 Å². The number of hydrogen-bond donors (Lipinski definition) is 1. The molecule has 0 aromatic heterocycles. The zero-order chi connectivity index (χ0) is 16.8. The molecule has 0 aliphatic heterocycles. The molecule has 3 rings (SSSR count). The summed E-state index contributed by atoms with van der Waals surface area (Å²) in [5.74, 6) is 1.63. The van der Waals surface area contributed by atoms with Gasteiger partial charge in [0.05, 0.1) is 10.7 Å². The first-order valence-electron chi connectivity index (χ1n) is 8.53. The summed E-state index contributed by atoms with van der Waals surface area (Å²) in [6.45, 7) is 1.43. The fourth-order valence-electron chi connectivity index (χ4n) is 3.14. The molecule has 4 heteroatoms. The van der Waals surface area contributed by atoms with E-state index in [1.165, 1.54) is 31.2 Å². The maximum Gasteiger partial charge on any atom is 0.174 e. The molecule has 0 amide bonds. The molecule has 2 aromatic rings. The van der Waals surface area contributed by atoms with Crippen molar-refractivity contribution < 1.29 is 9.47 Å². The van der Waals surface area contributed by atoms with Gasteiger partial charge in [-0.05, 0) is 58.7 Å². The summed E-state index contributed by atoms with van der Waals surface area (Å²) in [5, 5.41) is 3.65. The van der Waals surface area contributed by atoms with E-state index < -0.39 is 0 Å². The van der Waals surface area contributed by atoms with E-state index in [-0.39, 0.29) is 0 Å². The van der Waals surface area contributed by atoms with Crippen LogP contribution in [0.1, 0.15) is 36.8 Å². The third-order valence-corrected chi connectivity index (χ3v) is 5.27. The second-order valence-electron chi connectivity index (χ2n) is 6.25. The first kappa shape index (κ1) is 17.5. The largest absolute Gasteiger partial charge is 0.493 e. The number of methoxy groups -OCH3 is 1. The topological polar surface area (TPSA) is 30.5 Å². The monoisotopic (exact) mass is 437 g/mol. The Morgan fingerprint density at radius 1 is 1.08 bits per heavy atom. The lowest BCUT2D eigenvalue weighted by atomic mass is 10.1. The Morgan fingerprint density at radius 2 is 1.83 bits per heavy atom. The van der Waals surface area contributed by atoms with Crippen LogP contribution in [0.15, 0.2) is 42.5 Å². The molecular formula is C20H24INO2. The number of nitrogens with one attached hydrogen (secondary N) is 1. The molecule has 2 aromatic carbocycles. The molecule has 0 unspecified atom stereocenters. The van der Waals surface area contributed by atoms with E-state index in [0.717, 1.165) is 27.2 Å². The van der Waals surface area contributed by atoms with Crippen LogP contribution in [0.5, 0.6) is 11.5 Å². The molecule has 1 aliphatic rings. The van der Waals surface area contributed by atoms with Crippen LogP contribution in [0.3, 0.4) is 0 Å². The molecule has 0 saturated heterocycles. The summed E-state index contributed by atoms with van der Waals surface area (Å²) in [6, 6.07) is 15.1. The van der Waals surface area contributed by atoms with Crippen molar-refractivity contribution in [3.8, 4) is 11.5 Å². The first-order chi connectivity index (χ1) is 11.8. The molecular weight excluding hydrogens is 413 g/mol. The van der Waals surface area contributed by atoms with Gasteiger partial charge in [-0.25, -0.2) is 0 Å². The molecule has 24 heavy (non-hydrogen) atoms. The lowest BCUT2D eigenvalue weighted by Crippen LogP contribution is -2.25. The maximum atomic E-state index is 6.02. The highest BCUT2D eigenvalue weighted by molar-refractivity contribution is 14.1. The first-order valence-corrected chi connectivity index (χ1v) is 9.60. The highest BCUT2D eigenvalue weighted by Gasteiger charge is 2.16. The number of rotatable bonds is 7. The Hall–Kier alpha value is -1.27. The van der Waals surface area contributed by atoms with Gasteiger partial charge in [-0.1, -0.05) is 43.2 Å². The predicted octanol–water partition coefficient (Wildman–Crippen LogP) is 4.91. The van der Waals surface area contributed by atoms with E-state index in [1.807, 2.05) is 18.2 Å². The molecule has 0 heterocycles. The summed E-state index contributed by atoms with van der Waals surface area (Å²) in [4.78, 5) is 0. The van der Waals surface area contributed by atoms with E-state index in [2.05, 4.69) is 52.2 Å². The molecule has 0 atom stereocenters. The van der Waals surface area contributed by atoms with E-state index in [0.29, 0.717) is 12.6 Å². The third-order valence-electron chi connectivity index (χ3n) is 4.47. The smallest absolute Gasteiger partial charge is 0.174 e. The third kappa shape index (κ3) is 4.63. The average Bonchev–Trinajstić information content (AvgIpc) is 3.13. The fraction of sp³-hybridized carbons (Fsp3) is 0.400. The Kier molecular flexibility index (Phi) is 6.37. The number of benzene rings is 2. The molecule has 1 fully saturated rings. The van der Waals surface area contributed by atoms with Crippen LogP contribution in [0.25, 0.3) is 0 Å². The zero-order valence-corrected chi connectivity index (χ0v) is 16.2. The second-order valence-corrected chi connectivity index (χ2v) is 7.41. The molecule has 0 spiro atoms. The van der Waals surface area contributed by atoms with Crippen LogP contribution >= 0.6 is 22.6 Å². The van der Waals surface area contributed by atoms with Crippen molar-refractivity contribution in [2.75, 3.05) is 7.11 Å². The Labute approximate surface area is 157 Å². The van der Waals surface area contributed by atoms with Gasteiger partial charge in [0.25, 0.3) is 0 Å². The summed E-state index contributed by atoms with van der Waals surface area (Å²) >= 11 is 2.33. The van der Waals surface area contributed by atoms with Crippen molar-refractivity contribution in [1.29, 1.82) is 0 Å². The summed E-state index contributed by atoms with van der Waals surface area (Å²) in [6.07, 6.45) is 5.30. The second kappa shape index (κ2) is 8.72. The molecule has 128 valence electrons. The average molecular weight is 437 g/mol. The van der Waals surface area contributed by atoms with Crippen LogP contribution in [-0.4, -0.2) is 13.2 Å². The van der Waals surface area contributed by atoms with Gasteiger partial charge in [-0.2, -0.15) is 0 Å². The quantitative estimate of drug-likeness (QED) is 0.625. The van der Waals surface area contributed by atoms with Crippen LogP contribution in [-0.2, 0) is 13.2 Å². The van der Waals surface area contributed by atoms with Crippen LogP contribution in [0.2, 0.25) is 0 Å². The summed E-state index contributed by atoms with van der Waals surface area (Å²) < 4.78 is 12.7. The van der Waals surface area contributed by atoms with Gasteiger partial charge in [0.15, 0.2) is 11.5 Å². The van der Waals surface area contributed by atoms with Gasteiger partial charge in [0.1, 0.15) is 6.61 Å². The lowest BCUT2D eigenvalue weighted by molar-refractivity contribution is 0.282. The SMILES string of the molecule is COc1cc(CNC2CCCC2)cc(I)c1OCc1ccccc1. The van der Waals surface area contributed by atoms with Gasteiger partial charge >= 0.3 is 0 Å². The Bertz CT molecular complexity index is 654. The van der Waals surface area contributed by atoms with Gasteiger partial charge in [-0.3, -0.25) is 0 Å². The van der Waals surface area contributed by atoms with Gasteiger partial charge in [0.2, 0.25) is 0 Å². The minimum absolute atomic E-state index is 0.548. The van der Waals surface area contributed by atoms with E-state index in [4.69, 9.17) is 9.47 Å². The predicted molar refractivity (Wildman–Crippen MR) is 106 cm³/mol. The summed E-state index contributed by atoms with van der Waals surface area (Å²) in [5.41, 5.74) is 2.40. The maximum absolute atomic E-state index is 6.02. The molecule has 0 bridgehead atoms. The van der Waals surface area contributed by atoms with E-state index in [9.17, 15) is 0 Å². The van der Waals surface area contributed by atoms with Crippen LogP contribution in [0.4, 0.5) is 0 Å². The van der Waals surface area contributed by atoms with E-state index in [1.54, 1.807) is 7.11 Å². The van der Waals surface area contributed by atoms with Gasteiger partial charge in [-0.15, -0.1) is 0 Å². The minimum Gasteiger partial charge on any atom is -0.493 e. The van der Waals surface area contributed by atoms with Crippen molar-refractivity contribution in [3.05, 3.63) is 57.2 Å². The number of hydrogen-bond acceptors (Lipinski definition) is 3. The molecule has 3 nitrogen and oxygen atoms in total. The van der Waals surface area contributed by atoms with Crippen LogP contribution in [0, 0.1) is 3.57 Å². The molecule has 0 radical (unpaired) electrons. The highest BCUT2D eigenvalue weighted by atomic mass is 127. The summed E-state index contributed by atoms with van der Waals surface area (Å²) in [7, 11) is 1.70. The fourth-order valence-corrected chi connectivity index (χ4v) is 3.96. The lowest BCUT2D eigenvalue weighted by Gasteiger charge is -2.16. The van der Waals surface area contributed by atoms with Crippen molar-refractivity contribution in [2.45, 2.75) is 44.9 Å². The van der Waals surface area contributed by atoms with Gasteiger partial charge in [0, 0.05) is 12.6 Å². The van der Waals surface area contributed by atoms with Crippen molar-refractivity contribution in [3.63, 3.8) is 0 Å². The van der Waals surface area contributed by atoms with Crippen molar-refractivity contribution in [1.82, 2.24) is 5.32 Å². The molecule has 1 saturated carbocycles. The minimum atomic E-state index is 0.548. The standard InChI is InChI=1S/C20H24INO2/c1-23-19-12-16(13-22-17-9-5-6-10-17)11-18(21)20(19)24-14-15-7-3-2-4-8-15/h2-4,7-8,11-12,17,22H,5-6,9-10,13-14H2,1H3. The molecule has 1 aliphatic carbocycles. The normalized spacial score (nSPS) is 14.8. The Morgan fingerprint density at radius 3 is 2.54 bits per heavy atom. The van der Waals surface area contributed by atoms with Crippen LogP contribution < -0.4 is 14.8 Å². The number of halogens is 1. The van der Waals surface area contributed by atoms with Crippen molar-refractivity contribution >= 4 is 22.6 Å². The molecule has 1 N–H and O–H groups in total. The number of ether oxygens (including phenoxy) is 2. The van der Waals surface area contributed by atoms with Gasteiger partial charge < -0.3 is 14.8 Å². The highest BCUT2D eigenvalue weighted by Crippen LogP contribution is 2.34. The Balaban J connectivity index is 1.67.